The normalized spacial score (nSPS) is 10.5. The number of phenolic OH excluding ortho intramolecular Hbond substituents is 1. The van der Waals surface area contributed by atoms with Crippen molar-refractivity contribution in [1.29, 1.82) is 0 Å². The van der Waals surface area contributed by atoms with Gasteiger partial charge in [0.2, 0.25) is 0 Å². The number of hydrogen-bond donors (Lipinski definition) is 1. The zero-order valence-corrected chi connectivity index (χ0v) is 14.2. The summed E-state index contributed by atoms with van der Waals surface area (Å²) in [6.45, 7) is 3.76. The van der Waals surface area contributed by atoms with Gasteiger partial charge in [0.1, 0.15) is 22.7 Å². The van der Waals surface area contributed by atoms with Gasteiger partial charge in [0.25, 0.3) is 0 Å². The number of Topliss-reactive ketones (excluding diaryl/α,β-unsaturated/α-hetero) is 1. The fourth-order valence-electron chi connectivity index (χ4n) is 2.21. The fourth-order valence-corrected chi connectivity index (χ4v) is 2.59. The van der Waals surface area contributed by atoms with Gasteiger partial charge in [-0.25, -0.2) is 4.98 Å². The number of pyridine rings is 1. The highest BCUT2D eigenvalue weighted by atomic mass is 79.9. The van der Waals surface area contributed by atoms with Crippen molar-refractivity contribution in [1.82, 2.24) is 4.98 Å². The number of ketones is 1. The molecule has 4 nitrogen and oxygen atoms in total. The maximum absolute atomic E-state index is 11.5. The van der Waals surface area contributed by atoms with Crippen LogP contribution in [0.3, 0.4) is 0 Å². The van der Waals surface area contributed by atoms with E-state index in [1.165, 1.54) is 6.92 Å². The van der Waals surface area contributed by atoms with Crippen molar-refractivity contribution in [3.8, 4) is 11.5 Å². The smallest absolute Gasteiger partial charge is 0.163 e. The van der Waals surface area contributed by atoms with Crippen molar-refractivity contribution in [3.05, 3.63) is 51.8 Å². The van der Waals surface area contributed by atoms with Crippen molar-refractivity contribution in [2.45, 2.75) is 33.3 Å². The lowest BCUT2D eigenvalue weighted by Gasteiger charge is -2.14. The number of halogens is 1. The maximum atomic E-state index is 11.5. The summed E-state index contributed by atoms with van der Waals surface area (Å²) in [5, 5.41) is 10.3. The van der Waals surface area contributed by atoms with Crippen molar-refractivity contribution in [3.63, 3.8) is 0 Å². The zero-order chi connectivity index (χ0) is 16.1. The van der Waals surface area contributed by atoms with Gasteiger partial charge in [-0.1, -0.05) is 19.4 Å². The van der Waals surface area contributed by atoms with E-state index in [9.17, 15) is 9.90 Å². The minimum Gasteiger partial charge on any atom is -0.507 e. The molecule has 0 saturated carbocycles. The molecular weight excluding hydrogens is 346 g/mol. The van der Waals surface area contributed by atoms with E-state index in [-0.39, 0.29) is 11.5 Å². The Balaban J connectivity index is 2.26. The minimum absolute atomic E-state index is 0.0223. The Bertz CT molecular complexity index is 686. The Morgan fingerprint density at radius 3 is 2.73 bits per heavy atom. The summed E-state index contributed by atoms with van der Waals surface area (Å²) in [6.07, 6.45) is 1.49. The van der Waals surface area contributed by atoms with E-state index in [4.69, 9.17) is 4.74 Å². The number of nitrogens with zero attached hydrogens (tertiary/aromatic N) is 1. The molecule has 2 aromatic rings. The molecule has 5 heteroatoms. The minimum atomic E-state index is -0.157. The molecular formula is C17H18BrNO3. The maximum Gasteiger partial charge on any atom is 0.163 e. The summed E-state index contributed by atoms with van der Waals surface area (Å²) in [7, 11) is 0. The van der Waals surface area contributed by atoms with Crippen molar-refractivity contribution >= 4 is 21.7 Å². The molecule has 0 fully saturated rings. The molecule has 0 atom stereocenters. The average Bonchev–Trinajstić information content (AvgIpc) is 2.47. The number of benzene rings is 1. The summed E-state index contributed by atoms with van der Waals surface area (Å²) < 4.78 is 6.54. The number of hydrogen-bond acceptors (Lipinski definition) is 4. The lowest BCUT2D eigenvalue weighted by Crippen LogP contribution is -2.03. The van der Waals surface area contributed by atoms with Crippen molar-refractivity contribution < 1.29 is 14.6 Å². The number of carbonyl (C=O) groups excluding carboxylic acids is 1. The third kappa shape index (κ3) is 3.85. The molecule has 0 spiro atoms. The second-order valence-electron chi connectivity index (χ2n) is 4.98. The third-order valence-electron chi connectivity index (χ3n) is 3.27. The summed E-state index contributed by atoms with van der Waals surface area (Å²) >= 11 is 3.32. The molecule has 0 aliphatic heterocycles. The van der Waals surface area contributed by atoms with Gasteiger partial charge >= 0.3 is 0 Å². The van der Waals surface area contributed by atoms with E-state index in [1.807, 2.05) is 25.1 Å². The highest BCUT2D eigenvalue weighted by molar-refractivity contribution is 9.10. The van der Waals surface area contributed by atoms with E-state index in [0.717, 1.165) is 16.7 Å². The van der Waals surface area contributed by atoms with Crippen LogP contribution in [0.15, 0.2) is 34.9 Å². The molecule has 22 heavy (non-hydrogen) atoms. The average molecular weight is 364 g/mol. The Morgan fingerprint density at radius 2 is 2.09 bits per heavy atom. The Morgan fingerprint density at radius 1 is 1.32 bits per heavy atom. The standard InChI is InChI=1S/C17H18BrNO3/c1-3-5-14-15(9-8-13(11(2)20)17(14)21)22-10-12-6-4-7-16(18)19-12/h4,6-9,21H,3,5,10H2,1-2H3. The van der Waals surface area contributed by atoms with Gasteiger partial charge in [0, 0.05) is 5.56 Å². The number of phenols is 1. The summed E-state index contributed by atoms with van der Waals surface area (Å²) in [4.78, 5) is 15.8. The highest BCUT2D eigenvalue weighted by Crippen LogP contribution is 2.33. The fraction of sp³-hybridized carbons (Fsp3) is 0.294. The molecule has 1 N–H and O–H groups in total. The molecule has 116 valence electrons. The second kappa shape index (κ2) is 7.40. The monoisotopic (exact) mass is 363 g/mol. The first-order valence-corrected chi connectivity index (χ1v) is 7.92. The molecule has 0 aliphatic carbocycles. The first-order valence-electron chi connectivity index (χ1n) is 7.13. The number of ether oxygens (including phenoxy) is 1. The van der Waals surface area contributed by atoms with Gasteiger partial charge < -0.3 is 9.84 Å². The van der Waals surface area contributed by atoms with Crippen LogP contribution >= 0.6 is 15.9 Å². The first-order chi connectivity index (χ1) is 10.5. The van der Waals surface area contributed by atoms with E-state index < -0.39 is 0 Å². The molecule has 0 radical (unpaired) electrons. The van der Waals surface area contributed by atoms with Gasteiger partial charge in [-0.3, -0.25) is 4.79 Å². The molecule has 1 heterocycles. The summed E-state index contributed by atoms with van der Waals surface area (Å²) in [6, 6.07) is 8.94. The van der Waals surface area contributed by atoms with Crippen LogP contribution < -0.4 is 4.74 Å². The Kier molecular flexibility index (Phi) is 5.55. The van der Waals surface area contributed by atoms with Gasteiger partial charge in [-0.05, 0) is 53.5 Å². The second-order valence-corrected chi connectivity index (χ2v) is 5.80. The molecule has 1 aromatic carbocycles. The van der Waals surface area contributed by atoms with E-state index in [2.05, 4.69) is 20.9 Å². The molecule has 0 bridgehead atoms. The quantitative estimate of drug-likeness (QED) is 0.614. The van der Waals surface area contributed by atoms with Crippen LogP contribution in [0.5, 0.6) is 11.5 Å². The van der Waals surface area contributed by atoms with E-state index >= 15 is 0 Å². The van der Waals surface area contributed by atoms with Crippen LogP contribution in [0.1, 0.15) is 41.9 Å². The van der Waals surface area contributed by atoms with E-state index in [0.29, 0.717) is 29.9 Å². The molecule has 0 aliphatic rings. The van der Waals surface area contributed by atoms with Crippen LogP contribution in [0.4, 0.5) is 0 Å². The van der Waals surface area contributed by atoms with Gasteiger partial charge in [0.15, 0.2) is 5.78 Å². The first kappa shape index (κ1) is 16.5. The molecule has 2 rings (SSSR count). The van der Waals surface area contributed by atoms with E-state index in [1.54, 1.807) is 12.1 Å². The van der Waals surface area contributed by atoms with Gasteiger partial charge in [-0.2, -0.15) is 0 Å². The lowest BCUT2D eigenvalue weighted by atomic mass is 10.0. The highest BCUT2D eigenvalue weighted by Gasteiger charge is 2.16. The number of rotatable bonds is 6. The predicted molar refractivity (Wildman–Crippen MR) is 88.4 cm³/mol. The van der Waals surface area contributed by atoms with Crippen molar-refractivity contribution in [2.24, 2.45) is 0 Å². The molecule has 0 saturated heterocycles. The number of aromatic hydroxyl groups is 1. The lowest BCUT2D eigenvalue weighted by molar-refractivity contribution is 0.101. The van der Waals surface area contributed by atoms with Crippen LogP contribution in [0.25, 0.3) is 0 Å². The molecule has 0 amide bonds. The zero-order valence-electron chi connectivity index (χ0n) is 12.6. The third-order valence-corrected chi connectivity index (χ3v) is 3.71. The summed E-state index contributed by atoms with van der Waals surface area (Å²) in [5.74, 6) is 0.454. The summed E-state index contributed by atoms with van der Waals surface area (Å²) in [5.41, 5.74) is 1.79. The Hall–Kier alpha value is -1.88. The topological polar surface area (TPSA) is 59.4 Å². The van der Waals surface area contributed by atoms with Crippen LogP contribution in [0, 0.1) is 0 Å². The van der Waals surface area contributed by atoms with Crippen LogP contribution in [0.2, 0.25) is 0 Å². The predicted octanol–water partition coefficient (Wildman–Crippen LogP) is 4.28. The SMILES string of the molecule is CCCc1c(OCc2cccc(Br)n2)ccc(C(C)=O)c1O. The van der Waals surface area contributed by atoms with Crippen LogP contribution in [-0.4, -0.2) is 15.9 Å². The number of carbonyl (C=O) groups is 1. The van der Waals surface area contributed by atoms with Crippen molar-refractivity contribution in [2.75, 3.05) is 0 Å². The number of aromatic nitrogens is 1. The largest absolute Gasteiger partial charge is 0.507 e. The van der Waals surface area contributed by atoms with Gasteiger partial charge in [0.05, 0.1) is 11.3 Å². The molecule has 0 unspecified atom stereocenters. The van der Waals surface area contributed by atoms with Crippen LogP contribution in [-0.2, 0) is 13.0 Å². The molecule has 1 aromatic heterocycles. The van der Waals surface area contributed by atoms with Gasteiger partial charge in [-0.15, -0.1) is 0 Å². The Labute approximate surface area is 138 Å².